The number of hydrogen-bond acceptors (Lipinski definition) is 3. The fraction of sp³-hybridized carbons (Fsp3) is 0.455. The Hall–Kier alpha value is -1.34. The normalized spacial score (nSPS) is 18.3. The average molecular weight is 220 g/mol. The van der Waals surface area contributed by atoms with E-state index in [1.807, 2.05) is 16.8 Å². The van der Waals surface area contributed by atoms with Crippen LogP contribution < -0.4 is 5.32 Å². The Labute approximate surface area is 92.7 Å². The molecule has 0 bridgehead atoms. The van der Waals surface area contributed by atoms with E-state index in [0.717, 1.165) is 18.5 Å². The number of amides is 1. The molecule has 78 valence electrons. The minimum atomic E-state index is -0.776. The molecule has 1 aromatic rings. The zero-order chi connectivity index (χ0) is 10.7. The number of thiophene rings is 1. The van der Waals surface area contributed by atoms with Crippen LogP contribution in [0.3, 0.4) is 0 Å². The number of carbonyl (C=O) groups excluding carboxylic acids is 1. The summed E-state index contributed by atoms with van der Waals surface area (Å²) in [5.41, 5.74) is 0.0219. The largest absolute Gasteiger partial charge is 0.324 e. The fourth-order valence-electron chi connectivity index (χ4n) is 1.95. The van der Waals surface area contributed by atoms with Gasteiger partial charge in [-0.15, -0.1) is 0 Å². The van der Waals surface area contributed by atoms with Crippen molar-refractivity contribution in [1.29, 1.82) is 5.26 Å². The molecule has 1 fully saturated rings. The lowest BCUT2D eigenvalue weighted by Gasteiger charge is -2.18. The molecule has 1 N–H and O–H groups in total. The minimum absolute atomic E-state index is 0.138. The molecule has 0 radical (unpaired) electrons. The SMILES string of the molecule is N#CC1(C(=O)Nc2ccsc2)CCCC1. The van der Waals surface area contributed by atoms with Crippen LogP contribution in [0.1, 0.15) is 25.7 Å². The number of anilines is 1. The summed E-state index contributed by atoms with van der Waals surface area (Å²) in [5.74, 6) is -0.138. The third-order valence-electron chi connectivity index (χ3n) is 2.88. The van der Waals surface area contributed by atoms with Crippen LogP contribution in [-0.4, -0.2) is 5.91 Å². The zero-order valence-corrected chi connectivity index (χ0v) is 9.14. The third kappa shape index (κ3) is 1.88. The molecule has 4 heteroatoms. The number of nitrogens with zero attached hydrogens (tertiary/aromatic N) is 1. The lowest BCUT2D eigenvalue weighted by molar-refractivity contribution is -0.122. The number of nitrogens with one attached hydrogen (secondary N) is 1. The zero-order valence-electron chi connectivity index (χ0n) is 8.32. The Kier molecular flexibility index (Phi) is 2.74. The van der Waals surface area contributed by atoms with E-state index >= 15 is 0 Å². The molecule has 0 saturated heterocycles. The Balaban J connectivity index is 2.10. The van der Waals surface area contributed by atoms with Gasteiger partial charge in [-0.3, -0.25) is 4.79 Å². The second kappa shape index (κ2) is 4.03. The number of carbonyl (C=O) groups is 1. The van der Waals surface area contributed by atoms with E-state index < -0.39 is 5.41 Å². The Morgan fingerprint density at radius 3 is 2.80 bits per heavy atom. The van der Waals surface area contributed by atoms with Gasteiger partial charge in [0.25, 0.3) is 0 Å². The van der Waals surface area contributed by atoms with Gasteiger partial charge >= 0.3 is 0 Å². The van der Waals surface area contributed by atoms with E-state index in [1.54, 1.807) is 0 Å². The molecule has 1 aromatic heterocycles. The van der Waals surface area contributed by atoms with Crippen molar-refractivity contribution in [3.63, 3.8) is 0 Å². The van der Waals surface area contributed by atoms with E-state index in [0.29, 0.717) is 12.8 Å². The van der Waals surface area contributed by atoms with Crippen molar-refractivity contribution < 1.29 is 4.79 Å². The van der Waals surface area contributed by atoms with Gasteiger partial charge in [-0.25, -0.2) is 0 Å². The molecule has 0 aromatic carbocycles. The Bertz CT molecular complexity index is 385. The quantitative estimate of drug-likeness (QED) is 0.833. The summed E-state index contributed by atoms with van der Waals surface area (Å²) in [5, 5.41) is 15.7. The van der Waals surface area contributed by atoms with Crippen molar-refractivity contribution in [2.24, 2.45) is 5.41 Å². The summed E-state index contributed by atoms with van der Waals surface area (Å²) in [6.45, 7) is 0. The molecular weight excluding hydrogens is 208 g/mol. The van der Waals surface area contributed by atoms with Gasteiger partial charge in [0.1, 0.15) is 5.41 Å². The van der Waals surface area contributed by atoms with Gasteiger partial charge < -0.3 is 5.32 Å². The van der Waals surface area contributed by atoms with Gasteiger partial charge in [0.05, 0.1) is 11.8 Å². The van der Waals surface area contributed by atoms with E-state index in [-0.39, 0.29) is 5.91 Å². The van der Waals surface area contributed by atoms with Crippen molar-refractivity contribution in [2.75, 3.05) is 5.32 Å². The van der Waals surface area contributed by atoms with Crippen LogP contribution in [0.4, 0.5) is 5.69 Å². The van der Waals surface area contributed by atoms with E-state index in [9.17, 15) is 4.79 Å². The van der Waals surface area contributed by atoms with Crippen LogP contribution in [-0.2, 0) is 4.79 Å². The van der Waals surface area contributed by atoms with Crippen molar-refractivity contribution in [1.82, 2.24) is 0 Å². The van der Waals surface area contributed by atoms with E-state index in [1.165, 1.54) is 11.3 Å². The predicted molar refractivity (Wildman–Crippen MR) is 59.5 cm³/mol. The van der Waals surface area contributed by atoms with Crippen LogP contribution in [0.15, 0.2) is 16.8 Å². The van der Waals surface area contributed by atoms with Crippen molar-refractivity contribution in [2.45, 2.75) is 25.7 Å². The topological polar surface area (TPSA) is 52.9 Å². The van der Waals surface area contributed by atoms with Gasteiger partial charge in [0.15, 0.2) is 0 Å². The second-order valence-corrected chi connectivity index (χ2v) is 4.65. The van der Waals surface area contributed by atoms with E-state index in [2.05, 4.69) is 11.4 Å². The highest BCUT2D eigenvalue weighted by Crippen LogP contribution is 2.38. The molecule has 0 unspecified atom stereocenters. The fourth-order valence-corrected chi connectivity index (χ4v) is 2.54. The first-order valence-electron chi connectivity index (χ1n) is 5.02. The molecule has 2 rings (SSSR count). The number of rotatable bonds is 2. The smallest absolute Gasteiger partial charge is 0.244 e. The van der Waals surface area contributed by atoms with Gasteiger partial charge in [0.2, 0.25) is 5.91 Å². The summed E-state index contributed by atoms with van der Waals surface area (Å²) >= 11 is 1.53. The minimum Gasteiger partial charge on any atom is -0.324 e. The number of hydrogen-bond donors (Lipinski definition) is 1. The molecule has 1 aliphatic carbocycles. The molecule has 1 heterocycles. The first-order valence-corrected chi connectivity index (χ1v) is 5.96. The molecule has 0 aliphatic heterocycles. The summed E-state index contributed by atoms with van der Waals surface area (Å²) in [4.78, 5) is 11.9. The molecule has 0 atom stereocenters. The monoisotopic (exact) mass is 220 g/mol. The maximum absolute atomic E-state index is 11.9. The van der Waals surface area contributed by atoms with E-state index in [4.69, 9.17) is 5.26 Å². The molecule has 0 spiro atoms. The molecule has 3 nitrogen and oxygen atoms in total. The van der Waals surface area contributed by atoms with Gasteiger partial charge in [-0.05, 0) is 24.3 Å². The number of nitriles is 1. The average Bonchev–Trinajstić information content (AvgIpc) is 2.87. The summed E-state index contributed by atoms with van der Waals surface area (Å²) in [7, 11) is 0. The molecule has 1 amide bonds. The lowest BCUT2D eigenvalue weighted by Crippen LogP contribution is -2.32. The third-order valence-corrected chi connectivity index (χ3v) is 3.57. The van der Waals surface area contributed by atoms with Crippen molar-refractivity contribution in [3.8, 4) is 6.07 Å². The first-order chi connectivity index (χ1) is 7.27. The Morgan fingerprint density at radius 2 is 2.27 bits per heavy atom. The van der Waals surface area contributed by atoms with Crippen molar-refractivity contribution >= 4 is 22.9 Å². The van der Waals surface area contributed by atoms with Crippen LogP contribution in [0.25, 0.3) is 0 Å². The second-order valence-electron chi connectivity index (χ2n) is 3.87. The van der Waals surface area contributed by atoms with Gasteiger partial charge in [-0.2, -0.15) is 16.6 Å². The highest BCUT2D eigenvalue weighted by molar-refractivity contribution is 7.08. The maximum atomic E-state index is 11.9. The van der Waals surface area contributed by atoms with Crippen LogP contribution in [0.5, 0.6) is 0 Å². The summed E-state index contributed by atoms with van der Waals surface area (Å²) in [6.07, 6.45) is 3.34. The first kappa shape index (κ1) is 10.2. The van der Waals surface area contributed by atoms with Gasteiger partial charge in [-0.1, -0.05) is 12.8 Å². The lowest BCUT2D eigenvalue weighted by atomic mass is 9.87. The highest BCUT2D eigenvalue weighted by atomic mass is 32.1. The van der Waals surface area contributed by atoms with Crippen LogP contribution in [0.2, 0.25) is 0 Å². The summed E-state index contributed by atoms with van der Waals surface area (Å²) < 4.78 is 0. The maximum Gasteiger partial charge on any atom is 0.244 e. The van der Waals surface area contributed by atoms with Crippen molar-refractivity contribution in [3.05, 3.63) is 16.8 Å². The van der Waals surface area contributed by atoms with Crippen LogP contribution in [0, 0.1) is 16.7 Å². The molecule has 15 heavy (non-hydrogen) atoms. The Morgan fingerprint density at radius 1 is 1.53 bits per heavy atom. The summed E-state index contributed by atoms with van der Waals surface area (Å²) in [6, 6.07) is 4.03. The van der Waals surface area contributed by atoms with Crippen LogP contribution >= 0.6 is 11.3 Å². The highest BCUT2D eigenvalue weighted by Gasteiger charge is 2.41. The molecule has 1 saturated carbocycles. The molecule has 1 aliphatic rings. The predicted octanol–water partition coefficient (Wildman–Crippen LogP) is 2.77. The standard InChI is InChI=1S/C11H12N2OS/c12-8-11(4-1-2-5-11)10(14)13-9-3-6-15-7-9/h3,6-7H,1-2,4-5H2,(H,13,14). The molecular formula is C11H12N2OS. The van der Waals surface area contributed by atoms with Gasteiger partial charge in [0, 0.05) is 5.38 Å².